The van der Waals surface area contributed by atoms with Crippen molar-refractivity contribution >= 4 is 45.2 Å². The molecule has 0 aliphatic rings. The van der Waals surface area contributed by atoms with Crippen LogP contribution in [0, 0.1) is 13.8 Å². The number of carbonyl (C=O) groups is 2. The van der Waals surface area contributed by atoms with Gasteiger partial charge in [0.2, 0.25) is 0 Å². The Balaban J connectivity index is 1.24. The van der Waals surface area contributed by atoms with Gasteiger partial charge in [0.1, 0.15) is 0 Å². The molecule has 5 rings (SSSR count). The molecule has 190 valence electrons. The molecule has 4 amide bonds. The summed E-state index contributed by atoms with van der Waals surface area (Å²) in [6.45, 7) is 4.94. The minimum absolute atomic E-state index is 0.283. The largest absolute Gasteiger partial charge is 0.334 e. The van der Waals surface area contributed by atoms with E-state index in [0.717, 1.165) is 32.9 Å². The van der Waals surface area contributed by atoms with Gasteiger partial charge in [-0.2, -0.15) is 0 Å². The molecule has 0 atom stereocenters. The second-order valence-corrected chi connectivity index (χ2v) is 9.39. The fourth-order valence-electron chi connectivity index (χ4n) is 4.11. The van der Waals surface area contributed by atoms with Crippen molar-refractivity contribution in [1.29, 1.82) is 0 Å². The lowest BCUT2D eigenvalue weighted by molar-refractivity contribution is 0.251. The van der Waals surface area contributed by atoms with Gasteiger partial charge in [-0.25, -0.2) is 14.6 Å². The number of hydrogen-bond acceptors (Lipinski definition) is 3. The smallest absolute Gasteiger partial charge is 0.319 e. The Morgan fingerprint density at radius 2 is 1.00 bits per heavy atom. The third kappa shape index (κ3) is 6.25. The number of aromatic nitrogens is 1. The van der Waals surface area contributed by atoms with Gasteiger partial charge in [0.05, 0.1) is 11.0 Å². The summed E-state index contributed by atoms with van der Waals surface area (Å²) in [6.07, 6.45) is 0. The average molecular weight is 504 g/mol. The first-order valence-corrected chi connectivity index (χ1v) is 12.5. The fourth-order valence-corrected chi connectivity index (χ4v) is 4.11. The van der Waals surface area contributed by atoms with E-state index >= 15 is 0 Å². The molecule has 0 aliphatic heterocycles. The average Bonchev–Trinajstić information content (AvgIpc) is 2.91. The van der Waals surface area contributed by atoms with E-state index in [1.807, 2.05) is 105 Å². The normalized spacial score (nSPS) is 10.8. The van der Waals surface area contributed by atoms with Crippen LogP contribution in [0.1, 0.15) is 22.3 Å². The first-order chi connectivity index (χ1) is 18.4. The highest BCUT2D eigenvalue weighted by Crippen LogP contribution is 2.25. The Morgan fingerprint density at radius 1 is 0.579 bits per heavy atom. The number of aryl methyl sites for hydroxylation is 2. The van der Waals surface area contributed by atoms with Crippen molar-refractivity contribution in [2.24, 2.45) is 0 Å². The number of urea groups is 2. The molecule has 1 aromatic heterocycles. The molecule has 4 aromatic carbocycles. The van der Waals surface area contributed by atoms with Gasteiger partial charge in [0.25, 0.3) is 0 Å². The topological polar surface area (TPSA) is 95.2 Å². The number of amides is 4. The van der Waals surface area contributed by atoms with Gasteiger partial charge in [-0.3, -0.25) is 0 Å². The number of nitrogens with one attached hydrogen (secondary N) is 4. The zero-order valence-corrected chi connectivity index (χ0v) is 21.3. The number of rotatable bonds is 6. The maximum atomic E-state index is 12.4. The number of hydrogen-bond donors (Lipinski definition) is 4. The molecule has 1 heterocycles. The number of pyridine rings is 1. The summed E-state index contributed by atoms with van der Waals surface area (Å²) < 4.78 is 0. The molecule has 5 aromatic rings. The molecule has 0 aliphatic carbocycles. The van der Waals surface area contributed by atoms with Crippen molar-refractivity contribution in [3.63, 3.8) is 0 Å². The Morgan fingerprint density at radius 3 is 1.42 bits per heavy atom. The van der Waals surface area contributed by atoms with Crippen molar-refractivity contribution < 1.29 is 9.59 Å². The highest BCUT2D eigenvalue weighted by Gasteiger charge is 2.07. The van der Waals surface area contributed by atoms with Gasteiger partial charge >= 0.3 is 12.1 Å². The van der Waals surface area contributed by atoms with Crippen molar-refractivity contribution in [3.05, 3.63) is 113 Å². The van der Waals surface area contributed by atoms with Crippen molar-refractivity contribution in [1.82, 2.24) is 15.6 Å². The third-order valence-electron chi connectivity index (χ3n) is 6.28. The lowest BCUT2D eigenvalue weighted by Crippen LogP contribution is -2.28. The molecule has 0 saturated heterocycles. The van der Waals surface area contributed by atoms with Crippen LogP contribution in [0.2, 0.25) is 0 Å². The van der Waals surface area contributed by atoms with Gasteiger partial charge in [0.15, 0.2) is 0 Å². The Labute approximate surface area is 221 Å². The summed E-state index contributed by atoms with van der Waals surface area (Å²) in [4.78, 5) is 29.6. The van der Waals surface area contributed by atoms with E-state index in [0.29, 0.717) is 24.5 Å². The van der Waals surface area contributed by atoms with E-state index in [-0.39, 0.29) is 12.1 Å². The first-order valence-electron chi connectivity index (χ1n) is 12.5. The van der Waals surface area contributed by atoms with Crippen LogP contribution in [0.5, 0.6) is 0 Å². The van der Waals surface area contributed by atoms with Crippen LogP contribution in [0.3, 0.4) is 0 Å². The van der Waals surface area contributed by atoms with Crippen molar-refractivity contribution in [3.8, 4) is 0 Å². The molecule has 0 fully saturated rings. The lowest BCUT2D eigenvalue weighted by Gasteiger charge is -2.10. The van der Waals surface area contributed by atoms with Crippen LogP contribution < -0.4 is 21.3 Å². The Hall–Kier alpha value is -4.91. The molecule has 0 saturated carbocycles. The SMILES string of the molecule is Cc1ccc(CNC(=O)Nc2ccc3cc4ccc(NC(=O)NCc5ccc(C)cc5)cc4nc3c2)cc1. The van der Waals surface area contributed by atoms with Crippen LogP contribution in [-0.4, -0.2) is 17.0 Å². The number of anilines is 2. The monoisotopic (exact) mass is 503 g/mol. The molecule has 38 heavy (non-hydrogen) atoms. The van der Waals surface area contributed by atoms with Gasteiger partial charge < -0.3 is 21.3 Å². The molecule has 0 bridgehead atoms. The molecular formula is C31H29N5O2. The molecule has 0 unspecified atom stereocenters. The first kappa shape index (κ1) is 24.8. The lowest BCUT2D eigenvalue weighted by atomic mass is 10.1. The van der Waals surface area contributed by atoms with E-state index in [1.54, 1.807) is 0 Å². The summed E-state index contributed by atoms with van der Waals surface area (Å²) in [5.41, 5.74) is 7.21. The quantitative estimate of drug-likeness (QED) is 0.195. The highest BCUT2D eigenvalue weighted by atomic mass is 16.2. The maximum absolute atomic E-state index is 12.4. The van der Waals surface area contributed by atoms with E-state index in [1.165, 1.54) is 11.1 Å². The number of benzene rings is 4. The number of fused-ring (bicyclic) bond motifs is 2. The van der Waals surface area contributed by atoms with Gasteiger partial charge in [0, 0.05) is 35.2 Å². The minimum Gasteiger partial charge on any atom is -0.334 e. The molecule has 7 heteroatoms. The zero-order chi connectivity index (χ0) is 26.5. The van der Waals surface area contributed by atoms with E-state index in [2.05, 4.69) is 21.3 Å². The second-order valence-electron chi connectivity index (χ2n) is 9.39. The van der Waals surface area contributed by atoms with E-state index in [4.69, 9.17) is 4.98 Å². The molecule has 7 nitrogen and oxygen atoms in total. The van der Waals surface area contributed by atoms with Crippen LogP contribution in [0.4, 0.5) is 21.0 Å². The predicted molar refractivity (Wildman–Crippen MR) is 153 cm³/mol. The van der Waals surface area contributed by atoms with Crippen LogP contribution >= 0.6 is 0 Å². The van der Waals surface area contributed by atoms with E-state index in [9.17, 15) is 9.59 Å². The summed E-state index contributed by atoms with van der Waals surface area (Å²) in [7, 11) is 0. The Kier molecular flexibility index (Phi) is 7.17. The van der Waals surface area contributed by atoms with Crippen LogP contribution in [0.25, 0.3) is 21.8 Å². The second kappa shape index (κ2) is 11.0. The summed E-state index contributed by atoms with van der Waals surface area (Å²) in [5.74, 6) is 0. The molecule has 0 radical (unpaired) electrons. The van der Waals surface area contributed by atoms with Crippen molar-refractivity contribution in [2.45, 2.75) is 26.9 Å². The Bertz CT molecular complexity index is 1490. The van der Waals surface area contributed by atoms with Crippen molar-refractivity contribution in [2.75, 3.05) is 10.6 Å². The minimum atomic E-state index is -0.283. The molecular weight excluding hydrogens is 474 g/mol. The summed E-state index contributed by atoms with van der Waals surface area (Å²) >= 11 is 0. The van der Waals surface area contributed by atoms with Gasteiger partial charge in [-0.15, -0.1) is 0 Å². The predicted octanol–water partition coefficient (Wildman–Crippen LogP) is 6.65. The van der Waals surface area contributed by atoms with Crippen LogP contribution in [-0.2, 0) is 13.1 Å². The standard InChI is InChI=1S/C31H29N5O2/c1-20-3-7-22(8-4-20)18-32-30(37)34-26-13-11-24-15-25-12-14-27(17-29(25)36-28(24)16-26)35-31(38)33-19-23-9-5-21(2)6-10-23/h3-17H,18-19H2,1-2H3,(H2,32,34,37)(H2,33,35,38). The summed E-state index contributed by atoms with van der Waals surface area (Å²) in [5, 5.41) is 13.4. The third-order valence-corrected chi connectivity index (χ3v) is 6.28. The van der Waals surface area contributed by atoms with Gasteiger partial charge in [-0.05, 0) is 55.3 Å². The highest BCUT2D eigenvalue weighted by molar-refractivity contribution is 5.98. The van der Waals surface area contributed by atoms with Crippen LogP contribution in [0.15, 0.2) is 91.0 Å². The van der Waals surface area contributed by atoms with E-state index < -0.39 is 0 Å². The number of nitrogens with zero attached hydrogens (tertiary/aromatic N) is 1. The summed E-state index contributed by atoms with van der Waals surface area (Å²) in [6, 6.07) is 28.8. The maximum Gasteiger partial charge on any atom is 0.319 e. The van der Waals surface area contributed by atoms with Gasteiger partial charge in [-0.1, -0.05) is 71.8 Å². The molecule has 4 N–H and O–H groups in total. The fraction of sp³-hybridized carbons (Fsp3) is 0.129. The zero-order valence-electron chi connectivity index (χ0n) is 21.3. The number of carbonyl (C=O) groups excluding carboxylic acids is 2. The molecule has 0 spiro atoms.